The molecule has 0 saturated carbocycles. The predicted molar refractivity (Wildman–Crippen MR) is 65.3 cm³/mol. The zero-order valence-corrected chi connectivity index (χ0v) is 9.72. The summed E-state index contributed by atoms with van der Waals surface area (Å²) in [4.78, 5) is 2.51. The van der Waals surface area contributed by atoms with Crippen LogP contribution in [0.15, 0.2) is 6.07 Å². The van der Waals surface area contributed by atoms with Crippen molar-refractivity contribution < 1.29 is 0 Å². The summed E-state index contributed by atoms with van der Waals surface area (Å²) in [6.07, 6.45) is 4.11. The van der Waals surface area contributed by atoms with Crippen LogP contribution in [0.2, 0.25) is 0 Å². The molecule has 2 heterocycles. The molecule has 4 nitrogen and oxygen atoms in total. The van der Waals surface area contributed by atoms with Gasteiger partial charge in [-0.1, -0.05) is 6.42 Å². The van der Waals surface area contributed by atoms with Crippen LogP contribution in [0.4, 0.5) is 10.8 Å². The molecule has 1 saturated heterocycles. The van der Waals surface area contributed by atoms with Crippen LogP contribution >= 0.6 is 11.5 Å². The Morgan fingerprint density at radius 3 is 2.87 bits per heavy atom. The lowest BCUT2D eigenvalue weighted by molar-refractivity contribution is 0.237. The van der Waals surface area contributed by atoms with Crippen LogP contribution in [-0.2, 0) is 0 Å². The van der Waals surface area contributed by atoms with E-state index in [9.17, 15) is 0 Å². The molecule has 0 amide bonds. The lowest BCUT2D eigenvalue weighted by atomic mass is 10.1. The third-order valence-corrected chi connectivity index (χ3v) is 3.47. The first kappa shape index (κ1) is 10.7. The van der Waals surface area contributed by atoms with Crippen LogP contribution in [0.3, 0.4) is 0 Å². The minimum atomic E-state index is 0.612. The summed E-state index contributed by atoms with van der Waals surface area (Å²) >= 11 is 1.43. The monoisotopic (exact) mass is 226 g/mol. The number of nitrogens with one attached hydrogen (secondary N) is 1. The molecule has 0 spiro atoms. The molecule has 0 atom stereocenters. The van der Waals surface area contributed by atoms with Crippen molar-refractivity contribution in [1.82, 2.24) is 9.27 Å². The molecule has 2 rings (SSSR count). The maximum absolute atomic E-state index is 5.54. The Balaban J connectivity index is 1.65. The summed E-state index contributed by atoms with van der Waals surface area (Å²) < 4.78 is 4.03. The van der Waals surface area contributed by atoms with Gasteiger partial charge in [-0.25, -0.2) is 0 Å². The molecule has 0 radical (unpaired) electrons. The number of piperidine rings is 1. The first-order chi connectivity index (χ1) is 7.34. The van der Waals surface area contributed by atoms with E-state index in [0.29, 0.717) is 5.82 Å². The first-order valence-electron chi connectivity index (χ1n) is 5.53. The van der Waals surface area contributed by atoms with Gasteiger partial charge in [0.1, 0.15) is 10.8 Å². The van der Waals surface area contributed by atoms with Crippen LogP contribution in [0.25, 0.3) is 0 Å². The second kappa shape index (κ2) is 5.32. The highest BCUT2D eigenvalue weighted by Gasteiger charge is 2.09. The van der Waals surface area contributed by atoms with E-state index < -0.39 is 0 Å². The van der Waals surface area contributed by atoms with E-state index in [4.69, 9.17) is 5.73 Å². The minimum absolute atomic E-state index is 0.612. The first-order valence-corrected chi connectivity index (χ1v) is 6.30. The smallest absolute Gasteiger partial charge is 0.139 e. The highest BCUT2D eigenvalue weighted by molar-refractivity contribution is 7.10. The standard InChI is InChI=1S/C10H18N4S/c11-9-8-10(15-13-9)12-4-7-14-5-2-1-3-6-14/h8,12H,1-7H2,(H2,11,13). The summed E-state index contributed by atoms with van der Waals surface area (Å²) in [5, 5.41) is 4.42. The van der Waals surface area contributed by atoms with Crippen molar-refractivity contribution in [3.05, 3.63) is 6.07 Å². The van der Waals surface area contributed by atoms with Crippen LogP contribution in [0.5, 0.6) is 0 Å². The van der Waals surface area contributed by atoms with E-state index >= 15 is 0 Å². The minimum Gasteiger partial charge on any atom is -0.383 e. The fourth-order valence-electron chi connectivity index (χ4n) is 1.89. The third-order valence-electron chi connectivity index (χ3n) is 2.70. The highest BCUT2D eigenvalue weighted by Crippen LogP contribution is 2.17. The van der Waals surface area contributed by atoms with Crippen LogP contribution in [0.1, 0.15) is 19.3 Å². The predicted octanol–water partition coefficient (Wildman–Crippen LogP) is 1.62. The number of nitrogens with zero attached hydrogens (tertiary/aromatic N) is 2. The van der Waals surface area contributed by atoms with Gasteiger partial charge in [0.2, 0.25) is 0 Å². The van der Waals surface area contributed by atoms with Gasteiger partial charge in [0.15, 0.2) is 0 Å². The number of anilines is 2. The molecular formula is C10H18N4S. The Bertz CT molecular complexity index is 293. The van der Waals surface area contributed by atoms with Gasteiger partial charge in [-0.05, 0) is 37.5 Å². The van der Waals surface area contributed by atoms with Crippen molar-refractivity contribution in [2.75, 3.05) is 37.2 Å². The fourth-order valence-corrected chi connectivity index (χ4v) is 2.49. The van der Waals surface area contributed by atoms with Gasteiger partial charge in [-0.15, -0.1) is 0 Å². The number of rotatable bonds is 4. The lowest BCUT2D eigenvalue weighted by Crippen LogP contribution is -2.33. The molecular weight excluding hydrogens is 208 g/mol. The summed E-state index contributed by atoms with van der Waals surface area (Å²) in [7, 11) is 0. The zero-order valence-electron chi connectivity index (χ0n) is 8.91. The Morgan fingerprint density at radius 2 is 2.20 bits per heavy atom. The zero-order chi connectivity index (χ0) is 10.5. The summed E-state index contributed by atoms with van der Waals surface area (Å²) in [6.45, 7) is 4.62. The second-order valence-electron chi connectivity index (χ2n) is 3.95. The lowest BCUT2D eigenvalue weighted by Gasteiger charge is -2.26. The van der Waals surface area contributed by atoms with E-state index in [1.807, 2.05) is 6.07 Å². The number of likely N-dealkylation sites (tertiary alicyclic amines) is 1. The summed E-state index contributed by atoms with van der Waals surface area (Å²) in [6, 6.07) is 1.89. The number of aromatic nitrogens is 1. The molecule has 0 bridgehead atoms. The van der Waals surface area contributed by atoms with Gasteiger partial charge < -0.3 is 16.0 Å². The van der Waals surface area contributed by atoms with Gasteiger partial charge in [-0.2, -0.15) is 4.37 Å². The second-order valence-corrected chi connectivity index (χ2v) is 4.75. The molecule has 1 aliphatic heterocycles. The van der Waals surface area contributed by atoms with E-state index in [1.54, 1.807) is 0 Å². The number of nitrogen functional groups attached to an aromatic ring is 1. The van der Waals surface area contributed by atoms with Gasteiger partial charge in [-0.3, -0.25) is 0 Å². The van der Waals surface area contributed by atoms with Crippen molar-refractivity contribution in [3.8, 4) is 0 Å². The molecule has 1 aliphatic rings. The molecule has 3 N–H and O–H groups in total. The molecule has 5 heteroatoms. The quantitative estimate of drug-likeness (QED) is 0.819. The van der Waals surface area contributed by atoms with Crippen LogP contribution < -0.4 is 11.1 Å². The Morgan fingerprint density at radius 1 is 1.40 bits per heavy atom. The van der Waals surface area contributed by atoms with Gasteiger partial charge in [0, 0.05) is 19.2 Å². The third kappa shape index (κ3) is 3.35. The van der Waals surface area contributed by atoms with Crippen molar-refractivity contribution in [3.63, 3.8) is 0 Å². The van der Waals surface area contributed by atoms with Crippen molar-refractivity contribution in [2.24, 2.45) is 0 Å². The van der Waals surface area contributed by atoms with Gasteiger partial charge >= 0.3 is 0 Å². The number of nitrogens with two attached hydrogens (primary N) is 1. The Kier molecular flexibility index (Phi) is 3.80. The molecule has 15 heavy (non-hydrogen) atoms. The van der Waals surface area contributed by atoms with E-state index in [2.05, 4.69) is 14.6 Å². The molecule has 0 unspecified atom stereocenters. The maximum Gasteiger partial charge on any atom is 0.139 e. The molecule has 0 aromatic carbocycles. The highest BCUT2D eigenvalue weighted by atomic mass is 32.1. The average Bonchev–Trinajstić information content (AvgIpc) is 2.66. The molecule has 1 aromatic heterocycles. The van der Waals surface area contributed by atoms with E-state index in [-0.39, 0.29) is 0 Å². The largest absolute Gasteiger partial charge is 0.383 e. The van der Waals surface area contributed by atoms with Crippen molar-refractivity contribution >= 4 is 22.4 Å². The topological polar surface area (TPSA) is 54.2 Å². The van der Waals surface area contributed by atoms with Crippen LogP contribution in [-0.4, -0.2) is 35.5 Å². The molecule has 1 aromatic rings. The van der Waals surface area contributed by atoms with Gasteiger partial charge in [0.05, 0.1) is 0 Å². The van der Waals surface area contributed by atoms with Gasteiger partial charge in [0.25, 0.3) is 0 Å². The number of hydrogen-bond acceptors (Lipinski definition) is 5. The van der Waals surface area contributed by atoms with Crippen LogP contribution in [0, 0.1) is 0 Å². The maximum atomic E-state index is 5.54. The number of hydrogen-bond donors (Lipinski definition) is 2. The fraction of sp³-hybridized carbons (Fsp3) is 0.700. The summed E-state index contributed by atoms with van der Waals surface area (Å²) in [5.41, 5.74) is 5.54. The summed E-state index contributed by atoms with van der Waals surface area (Å²) in [5.74, 6) is 0.612. The average molecular weight is 226 g/mol. The molecule has 84 valence electrons. The molecule has 0 aliphatic carbocycles. The Labute approximate surface area is 94.6 Å². The molecule has 1 fully saturated rings. The van der Waals surface area contributed by atoms with Crippen molar-refractivity contribution in [2.45, 2.75) is 19.3 Å². The normalized spacial score (nSPS) is 17.9. The van der Waals surface area contributed by atoms with Crippen molar-refractivity contribution in [1.29, 1.82) is 0 Å². The SMILES string of the molecule is Nc1cc(NCCN2CCCCC2)sn1. The Hall–Kier alpha value is -0.810. The van der Waals surface area contributed by atoms with E-state index in [0.717, 1.165) is 18.1 Å². The van der Waals surface area contributed by atoms with E-state index in [1.165, 1.54) is 43.9 Å².